The highest BCUT2D eigenvalue weighted by atomic mass is 16.2. The number of nitrogens with one attached hydrogen (secondary N) is 1. The van der Waals surface area contributed by atoms with Crippen molar-refractivity contribution in [2.75, 3.05) is 4.90 Å². The van der Waals surface area contributed by atoms with Crippen molar-refractivity contribution in [3.05, 3.63) is 28.8 Å². The number of urea groups is 1. The van der Waals surface area contributed by atoms with Crippen molar-refractivity contribution < 1.29 is 9.59 Å². The highest BCUT2D eigenvalue weighted by molar-refractivity contribution is 6.06. The van der Waals surface area contributed by atoms with Crippen molar-refractivity contribution in [2.45, 2.75) is 53.0 Å². The summed E-state index contributed by atoms with van der Waals surface area (Å²) in [5.41, 5.74) is 4.44. The first-order valence-electron chi connectivity index (χ1n) is 7.05. The molecule has 1 aliphatic rings. The number of carbonyl (C=O) groups is 2. The molecule has 1 heterocycles. The van der Waals surface area contributed by atoms with E-state index in [1.807, 2.05) is 13.8 Å². The second-order valence-electron chi connectivity index (χ2n) is 5.93. The van der Waals surface area contributed by atoms with E-state index in [1.54, 1.807) is 4.90 Å². The fourth-order valence-corrected chi connectivity index (χ4v) is 2.84. The summed E-state index contributed by atoms with van der Waals surface area (Å²) in [5.74, 6) is 0.254. The number of rotatable bonds is 2. The zero-order valence-corrected chi connectivity index (χ0v) is 12.8. The molecule has 108 valence electrons. The summed E-state index contributed by atoms with van der Waals surface area (Å²) in [7, 11) is 0. The molecule has 0 aliphatic carbocycles. The van der Waals surface area contributed by atoms with Crippen molar-refractivity contribution in [1.82, 2.24) is 5.32 Å². The Bertz CT molecular complexity index is 564. The third kappa shape index (κ3) is 2.55. The van der Waals surface area contributed by atoms with E-state index in [1.165, 1.54) is 11.1 Å². The molecule has 0 saturated carbocycles. The van der Waals surface area contributed by atoms with Crippen molar-refractivity contribution >= 4 is 17.6 Å². The second-order valence-corrected chi connectivity index (χ2v) is 5.93. The van der Waals surface area contributed by atoms with Gasteiger partial charge in [0.25, 0.3) is 0 Å². The van der Waals surface area contributed by atoms with Gasteiger partial charge in [0.1, 0.15) is 0 Å². The number of hydrogen-bond acceptors (Lipinski definition) is 2. The third-order valence-electron chi connectivity index (χ3n) is 3.85. The van der Waals surface area contributed by atoms with Gasteiger partial charge in [-0.25, -0.2) is 4.79 Å². The highest BCUT2D eigenvalue weighted by Gasteiger charge is 2.31. The van der Waals surface area contributed by atoms with Crippen LogP contribution in [0.4, 0.5) is 10.5 Å². The largest absolute Gasteiger partial charge is 0.328 e. The topological polar surface area (TPSA) is 49.4 Å². The molecule has 3 amide bonds. The van der Waals surface area contributed by atoms with Gasteiger partial charge in [0.05, 0.1) is 0 Å². The minimum Gasteiger partial charge on any atom is -0.291 e. The van der Waals surface area contributed by atoms with E-state index in [9.17, 15) is 9.59 Å². The van der Waals surface area contributed by atoms with Crippen molar-refractivity contribution in [2.24, 2.45) is 0 Å². The molecule has 1 N–H and O–H groups in total. The number of hydrogen-bond donors (Lipinski definition) is 1. The Morgan fingerprint density at radius 2 is 1.85 bits per heavy atom. The monoisotopic (exact) mass is 274 g/mol. The van der Waals surface area contributed by atoms with E-state index in [2.05, 4.69) is 38.2 Å². The van der Waals surface area contributed by atoms with E-state index in [0.29, 0.717) is 12.3 Å². The van der Waals surface area contributed by atoms with Crippen LogP contribution < -0.4 is 10.2 Å². The molecule has 1 saturated heterocycles. The maximum atomic E-state index is 12.1. The zero-order valence-electron chi connectivity index (χ0n) is 12.8. The Labute approximate surface area is 120 Å². The molecular formula is C16H22N2O2. The van der Waals surface area contributed by atoms with Crippen LogP contribution >= 0.6 is 0 Å². The van der Waals surface area contributed by atoms with Gasteiger partial charge in [-0.15, -0.1) is 0 Å². The molecule has 1 aliphatic heterocycles. The summed E-state index contributed by atoms with van der Waals surface area (Å²) in [6.07, 6.45) is 0.343. The Kier molecular flexibility index (Phi) is 3.84. The van der Waals surface area contributed by atoms with Crippen LogP contribution in [0, 0.1) is 13.8 Å². The Hall–Kier alpha value is -1.84. The lowest BCUT2D eigenvalue weighted by Crippen LogP contribution is -2.54. The first-order valence-corrected chi connectivity index (χ1v) is 7.05. The molecule has 1 atom stereocenters. The number of anilines is 1. The minimum atomic E-state index is -0.325. The molecule has 2 rings (SSSR count). The fourth-order valence-electron chi connectivity index (χ4n) is 2.84. The van der Waals surface area contributed by atoms with Crippen molar-refractivity contribution in [3.8, 4) is 0 Å². The molecule has 0 radical (unpaired) electrons. The van der Waals surface area contributed by atoms with Crippen LogP contribution in [-0.2, 0) is 4.79 Å². The first kappa shape index (κ1) is 14.6. The van der Waals surface area contributed by atoms with Crippen LogP contribution in [0.15, 0.2) is 12.1 Å². The first-order chi connectivity index (χ1) is 9.31. The summed E-state index contributed by atoms with van der Waals surface area (Å²) < 4.78 is 0. The molecule has 0 bridgehead atoms. The van der Waals surface area contributed by atoms with Crippen LogP contribution in [0.5, 0.6) is 0 Å². The predicted molar refractivity (Wildman–Crippen MR) is 80.1 cm³/mol. The number of imide groups is 1. The smallest absolute Gasteiger partial charge is 0.291 e. The molecule has 1 aromatic carbocycles. The van der Waals surface area contributed by atoms with E-state index < -0.39 is 0 Å². The lowest BCUT2D eigenvalue weighted by atomic mass is 9.94. The highest BCUT2D eigenvalue weighted by Crippen LogP contribution is 2.31. The number of benzene rings is 1. The van der Waals surface area contributed by atoms with Gasteiger partial charge >= 0.3 is 6.03 Å². The van der Waals surface area contributed by atoms with E-state index in [4.69, 9.17) is 0 Å². The second kappa shape index (κ2) is 5.27. The van der Waals surface area contributed by atoms with Crippen LogP contribution in [0.2, 0.25) is 0 Å². The van der Waals surface area contributed by atoms with Gasteiger partial charge in [-0.05, 0) is 49.4 Å². The van der Waals surface area contributed by atoms with E-state index >= 15 is 0 Å². The normalized spacial score (nSPS) is 19.5. The zero-order chi connectivity index (χ0) is 15.0. The van der Waals surface area contributed by atoms with Crippen molar-refractivity contribution in [3.63, 3.8) is 0 Å². The summed E-state index contributed by atoms with van der Waals surface area (Å²) in [5, 5.41) is 2.39. The fraction of sp³-hybridized carbons (Fsp3) is 0.500. The summed E-state index contributed by atoms with van der Waals surface area (Å²) >= 11 is 0. The van der Waals surface area contributed by atoms with Gasteiger partial charge in [0.2, 0.25) is 5.91 Å². The van der Waals surface area contributed by atoms with Gasteiger partial charge in [-0.1, -0.05) is 19.9 Å². The maximum absolute atomic E-state index is 12.1. The van der Waals surface area contributed by atoms with Gasteiger partial charge in [0, 0.05) is 18.2 Å². The summed E-state index contributed by atoms with van der Waals surface area (Å²) in [4.78, 5) is 25.2. The van der Waals surface area contributed by atoms with Crippen LogP contribution in [0.3, 0.4) is 0 Å². The SMILES string of the molecule is Cc1cc(N2C(=O)NC(=O)C[C@@H]2C)c(C)cc1C(C)C. The summed E-state index contributed by atoms with van der Waals surface area (Å²) in [6.45, 7) is 10.3. The quantitative estimate of drug-likeness (QED) is 0.900. The Morgan fingerprint density at radius 1 is 1.20 bits per heavy atom. The van der Waals surface area contributed by atoms with Gasteiger partial charge in [-0.2, -0.15) is 0 Å². The number of carbonyl (C=O) groups excluding carboxylic acids is 2. The maximum Gasteiger partial charge on any atom is 0.328 e. The third-order valence-corrected chi connectivity index (χ3v) is 3.85. The van der Waals surface area contributed by atoms with Gasteiger partial charge < -0.3 is 0 Å². The van der Waals surface area contributed by atoms with E-state index in [-0.39, 0.29) is 18.0 Å². The lowest BCUT2D eigenvalue weighted by Gasteiger charge is -2.34. The van der Waals surface area contributed by atoms with E-state index in [0.717, 1.165) is 11.3 Å². The molecule has 1 fully saturated rings. The van der Waals surface area contributed by atoms with Crippen molar-refractivity contribution in [1.29, 1.82) is 0 Å². The average Bonchev–Trinajstić information content (AvgIpc) is 2.31. The standard InChI is InChI=1S/C16H22N2O2/c1-9(2)13-6-11(4)14(7-10(13)3)18-12(5)8-15(19)17-16(18)20/h6-7,9,12H,8H2,1-5H3,(H,17,19,20)/t12-/m0/s1. The molecule has 0 spiro atoms. The molecule has 0 unspecified atom stereocenters. The minimum absolute atomic E-state index is 0.112. The Balaban J connectivity index is 2.45. The molecule has 1 aromatic rings. The molecule has 4 heteroatoms. The van der Waals surface area contributed by atoms with Gasteiger partial charge in [-0.3, -0.25) is 15.0 Å². The number of aryl methyl sites for hydroxylation is 2. The lowest BCUT2D eigenvalue weighted by molar-refractivity contribution is -0.120. The number of nitrogens with zero attached hydrogens (tertiary/aromatic N) is 1. The summed E-state index contributed by atoms with van der Waals surface area (Å²) in [6, 6.07) is 3.76. The van der Waals surface area contributed by atoms with Crippen LogP contribution in [-0.4, -0.2) is 18.0 Å². The molecule has 20 heavy (non-hydrogen) atoms. The number of amides is 3. The molecular weight excluding hydrogens is 252 g/mol. The Morgan fingerprint density at radius 3 is 2.40 bits per heavy atom. The predicted octanol–water partition coefficient (Wildman–Crippen LogP) is 3.26. The molecule has 0 aromatic heterocycles. The molecule has 4 nitrogen and oxygen atoms in total. The van der Waals surface area contributed by atoms with Crippen LogP contribution in [0.1, 0.15) is 49.8 Å². The van der Waals surface area contributed by atoms with Gasteiger partial charge in [0.15, 0.2) is 0 Å². The average molecular weight is 274 g/mol. The van der Waals surface area contributed by atoms with Crippen LogP contribution in [0.25, 0.3) is 0 Å².